The van der Waals surface area contributed by atoms with Crippen molar-refractivity contribution in [2.75, 3.05) is 0 Å². The molecular weight excluding hydrogens is 408 g/mol. The van der Waals surface area contributed by atoms with Crippen molar-refractivity contribution in [3.05, 3.63) is 0 Å². The predicted molar refractivity (Wildman–Crippen MR) is 141 cm³/mol. The van der Waals surface area contributed by atoms with Gasteiger partial charge in [-0.25, -0.2) is 0 Å². The first kappa shape index (κ1) is 30.0. The Hall–Kier alpha value is -1.06. The van der Waals surface area contributed by atoms with Gasteiger partial charge < -0.3 is 10.6 Å². The molecule has 4 heteroatoms. The molecule has 0 aromatic carbocycles. The molecule has 2 N–H and O–H groups in total. The molecule has 194 valence electrons. The molecule has 0 aromatic rings. The van der Waals surface area contributed by atoms with Crippen LogP contribution in [0.1, 0.15) is 162 Å². The van der Waals surface area contributed by atoms with Crippen molar-refractivity contribution >= 4 is 11.8 Å². The third-order valence-corrected chi connectivity index (χ3v) is 7.00. The third-order valence-electron chi connectivity index (χ3n) is 7.00. The van der Waals surface area contributed by atoms with Gasteiger partial charge in [0, 0.05) is 12.8 Å². The number of carbonyl (C=O) groups is 2. The first-order chi connectivity index (χ1) is 16.2. The van der Waals surface area contributed by atoms with Gasteiger partial charge >= 0.3 is 0 Å². The molecule has 1 aliphatic carbocycles. The number of nitrogens with one attached hydrogen (secondary N) is 2. The van der Waals surface area contributed by atoms with E-state index < -0.39 is 0 Å². The summed E-state index contributed by atoms with van der Waals surface area (Å²) >= 11 is 0. The van der Waals surface area contributed by atoms with Crippen LogP contribution in [0, 0.1) is 0 Å². The molecule has 4 nitrogen and oxygen atoms in total. The topological polar surface area (TPSA) is 58.2 Å². The van der Waals surface area contributed by atoms with Crippen LogP contribution in [0.25, 0.3) is 0 Å². The summed E-state index contributed by atoms with van der Waals surface area (Å²) in [5.41, 5.74) is 0. The van der Waals surface area contributed by atoms with Crippen molar-refractivity contribution in [1.82, 2.24) is 10.6 Å². The molecule has 1 rings (SSSR count). The zero-order chi connectivity index (χ0) is 24.0. The number of amides is 2. The second-order valence-corrected chi connectivity index (χ2v) is 10.4. The first-order valence-corrected chi connectivity index (χ1v) is 14.8. The lowest BCUT2D eigenvalue weighted by Gasteiger charge is -2.07. The van der Waals surface area contributed by atoms with Gasteiger partial charge in [0.15, 0.2) is 0 Å². The summed E-state index contributed by atoms with van der Waals surface area (Å²) < 4.78 is 0. The summed E-state index contributed by atoms with van der Waals surface area (Å²) in [5.74, 6) is 0.316. The van der Waals surface area contributed by atoms with Crippen LogP contribution < -0.4 is 10.6 Å². The average Bonchev–Trinajstić information content (AvgIpc) is 3.52. The number of hydrogen-bond acceptors (Lipinski definition) is 2. The smallest absolute Gasteiger partial charge is 0.220 e. The maximum atomic E-state index is 12.1. The van der Waals surface area contributed by atoms with Gasteiger partial charge in [-0.2, -0.15) is 0 Å². The van der Waals surface area contributed by atoms with Crippen LogP contribution >= 0.6 is 0 Å². The lowest BCUT2D eigenvalue weighted by atomic mass is 10.1. The van der Waals surface area contributed by atoms with Gasteiger partial charge in [-0.3, -0.25) is 9.59 Å². The van der Waals surface area contributed by atoms with Gasteiger partial charge in [-0.15, -0.1) is 0 Å². The summed E-state index contributed by atoms with van der Waals surface area (Å²) in [4.78, 5) is 24.2. The lowest BCUT2D eigenvalue weighted by Crippen LogP contribution is -2.34. The minimum Gasteiger partial charge on any atom is -0.351 e. The minimum absolute atomic E-state index is 0.157. The molecule has 0 aromatic heterocycles. The summed E-state index contributed by atoms with van der Waals surface area (Å²) in [7, 11) is 0. The number of carbonyl (C=O) groups excluding carboxylic acids is 2. The molecule has 33 heavy (non-hydrogen) atoms. The van der Waals surface area contributed by atoms with Crippen molar-refractivity contribution < 1.29 is 9.59 Å². The Morgan fingerprint density at radius 3 is 1.06 bits per heavy atom. The van der Waals surface area contributed by atoms with E-state index in [1.807, 2.05) is 0 Å². The van der Waals surface area contributed by atoms with Crippen molar-refractivity contribution in [3.8, 4) is 0 Å². The van der Waals surface area contributed by atoms with Crippen LogP contribution in [0.15, 0.2) is 0 Å². The molecule has 2 unspecified atom stereocenters. The Kier molecular flexibility index (Phi) is 19.5. The Balaban J connectivity index is 1.85. The highest BCUT2D eigenvalue weighted by molar-refractivity contribution is 5.78. The van der Waals surface area contributed by atoms with E-state index in [0.29, 0.717) is 12.8 Å². The molecule has 1 aliphatic rings. The predicted octanol–water partition coefficient (Wildman–Crippen LogP) is 7.98. The SMILES string of the molecule is CCCCCCCCCCCCCC(=O)NC1CC1NC(=O)CCCCCCCCCCC. The van der Waals surface area contributed by atoms with E-state index in [2.05, 4.69) is 24.5 Å². The quantitative estimate of drug-likeness (QED) is 0.142. The lowest BCUT2D eigenvalue weighted by molar-refractivity contribution is -0.123. The molecule has 2 atom stereocenters. The van der Waals surface area contributed by atoms with Crippen LogP contribution in [0.4, 0.5) is 0 Å². The second-order valence-electron chi connectivity index (χ2n) is 10.4. The van der Waals surface area contributed by atoms with Crippen LogP contribution in [0.5, 0.6) is 0 Å². The van der Waals surface area contributed by atoms with E-state index in [1.165, 1.54) is 103 Å². The fraction of sp³-hybridized carbons (Fsp3) is 0.931. The highest BCUT2D eigenvalue weighted by Gasteiger charge is 2.39. The summed E-state index contributed by atoms with van der Waals surface area (Å²) in [6.45, 7) is 4.52. The highest BCUT2D eigenvalue weighted by Crippen LogP contribution is 2.22. The second kappa shape index (κ2) is 21.5. The van der Waals surface area contributed by atoms with E-state index >= 15 is 0 Å². The summed E-state index contributed by atoms with van der Waals surface area (Å²) in [6, 6.07) is 0.328. The number of hydrogen-bond donors (Lipinski definition) is 2. The molecule has 1 fully saturated rings. The van der Waals surface area contributed by atoms with E-state index in [9.17, 15) is 9.59 Å². The zero-order valence-electron chi connectivity index (χ0n) is 22.2. The van der Waals surface area contributed by atoms with Gasteiger partial charge in [-0.1, -0.05) is 129 Å². The van der Waals surface area contributed by atoms with E-state index in [1.54, 1.807) is 0 Å². The molecule has 0 spiro atoms. The standard InChI is InChI=1S/C29H56N2O2/c1-3-5-7-9-11-13-14-16-18-20-22-24-29(33)31-27-25-26(27)30-28(32)23-21-19-17-15-12-10-8-6-4-2/h26-27H,3-25H2,1-2H3,(H,30,32)(H,31,33). The third kappa shape index (κ3) is 19.0. The molecular formula is C29H56N2O2. The van der Waals surface area contributed by atoms with E-state index in [4.69, 9.17) is 0 Å². The van der Waals surface area contributed by atoms with Gasteiger partial charge in [0.25, 0.3) is 0 Å². The van der Waals surface area contributed by atoms with E-state index in [-0.39, 0.29) is 23.9 Å². The monoisotopic (exact) mass is 464 g/mol. The summed E-state index contributed by atoms with van der Waals surface area (Å²) in [5, 5.41) is 6.19. The Labute approximate surface area is 205 Å². The average molecular weight is 465 g/mol. The first-order valence-electron chi connectivity index (χ1n) is 14.8. The van der Waals surface area contributed by atoms with Crippen molar-refractivity contribution in [2.45, 2.75) is 174 Å². The molecule has 2 amide bonds. The van der Waals surface area contributed by atoms with Crippen LogP contribution in [0.2, 0.25) is 0 Å². The van der Waals surface area contributed by atoms with Crippen LogP contribution in [0.3, 0.4) is 0 Å². The summed E-state index contributed by atoms with van der Waals surface area (Å²) in [6.07, 6.45) is 27.9. The minimum atomic E-state index is 0.157. The largest absolute Gasteiger partial charge is 0.351 e. The van der Waals surface area contributed by atoms with Crippen molar-refractivity contribution in [3.63, 3.8) is 0 Å². The maximum absolute atomic E-state index is 12.1. The Morgan fingerprint density at radius 1 is 0.485 bits per heavy atom. The number of rotatable bonds is 24. The maximum Gasteiger partial charge on any atom is 0.220 e. The molecule has 0 aliphatic heterocycles. The van der Waals surface area contributed by atoms with Crippen LogP contribution in [-0.2, 0) is 9.59 Å². The fourth-order valence-corrected chi connectivity index (χ4v) is 4.62. The van der Waals surface area contributed by atoms with E-state index in [0.717, 1.165) is 32.1 Å². The Bertz CT molecular complexity index is 480. The normalized spacial score (nSPS) is 17.2. The fourth-order valence-electron chi connectivity index (χ4n) is 4.62. The Morgan fingerprint density at radius 2 is 0.758 bits per heavy atom. The molecule has 0 bridgehead atoms. The molecule has 1 saturated carbocycles. The van der Waals surface area contributed by atoms with Crippen LogP contribution in [-0.4, -0.2) is 23.9 Å². The molecule has 0 heterocycles. The zero-order valence-corrected chi connectivity index (χ0v) is 22.2. The van der Waals surface area contributed by atoms with Crippen molar-refractivity contribution in [2.24, 2.45) is 0 Å². The van der Waals surface area contributed by atoms with Gasteiger partial charge in [-0.05, 0) is 19.3 Å². The van der Waals surface area contributed by atoms with Gasteiger partial charge in [0.2, 0.25) is 11.8 Å². The number of unbranched alkanes of at least 4 members (excludes halogenated alkanes) is 18. The molecule has 0 saturated heterocycles. The van der Waals surface area contributed by atoms with Crippen molar-refractivity contribution in [1.29, 1.82) is 0 Å². The highest BCUT2D eigenvalue weighted by atomic mass is 16.2. The van der Waals surface area contributed by atoms with Gasteiger partial charge in [0.1, 0.15) is 0 Å². The van der Waals surface area contributed by atoms with Gasteiger partial charge in [0.05, 0.1) is 12.1 Å². The molecule has 0 radical (unpaired) electrons.